The van der Waals surface area contributed by atoms with E-state index in [1.807, 2.05) is 52.0 Å². The molecule has 0 amide bonds. The standard InChI is InChI=1S/C16H25NO3/c1-5-20-15-9-7-6-8-13(15)12(4)17-14(16(18)19)10-11(2)3/h6-9,11-12,14,17H,5,10H2,1-4H3,(H,18,19). The molecule has 0 saturated carbocycles. The monoisotopic (exact) mass is 279 g/mol. The van der Waals surface area contributed by atoms with E-state index >= 15 is 0 Å². The fourth-order valence-electron chi connectivity index (χ4n) is 2.23. The molecule has 0 aromatic heterocycles. The van der Waals surface area contributed by atoms with Crippen molar-refractivity contribution >= 4 is 5.97 Å². The molecule has 1 aromatic rings. The zero-order valence-electron chi connectivity index (χ0n) is 12.7. The van der Waals surface area contributed by atoms with E-state index in [0.717, 1.165) is 11.3 Å². The van der Waals surface area contributed by atoms with Crippen molar-refractivity contribution < 1.29 is 14.6 Å². The summed E-state index contributed by atoms with van der Waals surface area (Å²) in [5.41, 5.74) is 0.990. The molecule has 112 valence electrons. The van der Waals surface area contributed by atoms with Crippen LogP contribution in [0.2, 0.25) is 0 Å². The van der Waals surface area contributed by atoms with Gasteiger partial charge in [0.2, 0.25) is 0 Å². The summed E-state index contributed by atoms with van der Waals surface area (Å²) in [6, 6.07) is 7.13. The van der Waals surface area contributed by atoms with Crippen molar-refractivity contribution in [3.63, 3.8) is 0 Å². The molecule has 0 spiro atoms. The molecule has 0 bridgehead atoms. The zero-order valence-corrected chi connectivity index (χ0v) is 12.7. The third kappa shape index (κ3) is 4.85. The second kappa shape index (κ2) is 7.90. The van der Waals surface area contributed by atoms with Crippen LogP contribution in [-0.2, 0) is 4.79 Å². The van der Waals surface area contributed by atoms with Gasteiger partial charge in [-0.1, -0.05) is 32.0 Å². The molecule has 2 unspecified atom stereocenters. The van der Waals surface area contributed by atoms with E-state index in [2.05, 4.69) is 5.32 Å². The van der Waals surface area contributed by atoms with Crippen LogP contribution >= 0.6 is 0 Å². The number of para-hydroxylation sites is 1. The highest BCUT2D eigenvalue weighted by atomic mass is 16.5. The van der Waals surface area contributed by atoms with Crippen LogP contribution in [0, 0.1) is 5.92 Å². The van der Waals surface area contributed by atoms with Gasteiger partial charge in [0, 0.05) is 11.6 Å². The number of carbonyl (C=O) groups is 1. The molecule has 0 aliphatic heterocycles. The average Bonchev–Trinajstić information content (AvgIpc) is 2.38. The minimum absolute atomic E-state index is 0.0717. The fourth-order valence-corrected chi connectivity index (χ4v) is 2.23. The van der Waals surface area contributed by atoms with Crippen LogP contribution in [0.15, 0.2) is 24.3 Å². The SMILES string of the molecule is CCOc1ccccc1C(C)NC(CC(C)C)C(=O)O. The summed E-state index contributed by atoms with van der Waals surface area (Å²) in [4.78, 5) is 11.3. The van der Waals surface area contributed by atoms with Crippen molar-refractivity contribution in [1.82, 2.24) is 5.32 Å². The first kappa shape index (κ1) is 16.5. The summed E-state index contributed by atoms with van der Waals surface area (Å²) < 4.78 is 5.59. The Morgan fingerprint density at radius 3 is 2.50 bits per heavy atom. The van der Waals surface area contributed by atoms with Gasteiger partial charge in [0.05, 0.1) is 6.61 Å². The third-order valence-electron chi connectivity index (χ3n) is 3.14. The Kier molecular flexibility index (Phi) is 6.52. The van der Waals surface area contributed by atoms with Gasteiger partial charge in [0.25, 0.3) is 0 Å². The van der Waals surface area contributed by atoms with Crippen LogP contribution in [0.1, 0.15) is 45.7 Å². The van der Waals surface area contributed by atoms with Gasteiger partial charge in [-0.25, -0.2) is 0 Å². The van der Waals surface area contributed by atoms with Gasteiger partial charge in [-0.2, -0.15) is 0 Å². The summed E-state index contributed by atoms with van der Waals surface area (Å²) in [5, 5.41) is 12.5. The van der Waals surface area contributed by atoms with Crippen LogP contribution < -0.4 is 10.1 Å². The van der Waals surface area contributed by atoms with E-state index in [9.17, 15) is 9.90 Å². The first-order valence-corrected chi connectivity index (χ1v) is 7.16. The molecule has 4 nitrogen and oxygen atoms in total. The van der Waals surface area contributed by atoms with Crippen LogP contribution in [0.5, 0.6) is 5.75 Å². The fraction of sp³-hybridized carbons (Fsp3) is 0.562. The molecule has 0 saturated heterocycles. The summed E-state index contributed by atoms with van der Waals surface area (Å²) in [6.07, 6.45) is 0.608. The third-order valence-corrected chi connectivity index (χ3v) is 3.14. The smallest absolute Gasteiger partial charge is 0.320 e. The maximum absolute atomic E-state index is 11.3. The topological polar surface area (TPSA) is 58.6 Å². The van der Waals surface area contributed by atoms with Crippen LogP contribution in [0.3, 0.4) is 0 Å². The summed E-state index contributed by atoms with van der Waals surface area (Å²) in [6.45, 7) is 8.55. The molecule has 0 heterocycles. The lowest BCUT2D eigenvalue weighted by Crippen LogP contribution is -2.39. The van der Waals surface area contributed by atoms with Crippen molar-refractivity contribution in [2.24, 2.45) is 5.92 Å². The largest absolute Gasteiger partial charge is 0.494 e. The molecule has 0 fully saturated rings. The second-order valence-corrected chi connectivity index (χ2v) is 5.38. The quantitative estimate of drug-likeness (QED) is 0.767. The molecule has 4 heteroatoms. The second-order valence-electron chi connectivity index (χ2n) is 5.38. The predicted molar refractivity (Wildman–Crippen MR) is 80.0 cm³/mol. The van der Waals surface area contributed by atoms with Crippen LogP contribution in [0.25, 0.3) is 0 Å². The van der Waals surface area contributed by atoms with Gasteiger partial charge < -0.3 is 9.84 Å². The molecule has 20 heavy (non-hydrogen) atoms. The molecule has 0 aliphatic carbocycles. The highest BCUT2D eigenvalue weighted by Crippen LogP contribution is 2.25. The minimum atomic E-state index is -0.806. The Morgan fingerprint density at radius 2 is 1.95 bits per heavy atom. The molecule has 2 atom stereocenters. The van der Waals surface area contributed by atoms with E-state index < -0.39 is 12.0 Å². The van der Waals surface area contributed by atoms with Gasteiger partial charge in [-0.15, -0.1) is 0 Å². The number of hydrogen-bond donors (Lipinski definition) is 2. The van der Waals surface area contributed by atoms with E-state index in [-0.39, 0.29) is 6.04 Å². The summed E-state index contributed by atoms with van der Waals surface area (Å²) in [5.74, 6) is 0.334. The van der Waals surface area contributed by atoms with Crippen molar-refractivity contribution in [3.05, 3.63) is 29.8 Å². The molecular formula is C16H25NO3. The lowest BCUT2D eigenvalue weighted by molar-refractivity contribution is -0.140. The number of carboxylic acid groups (broad SMARTS) is 1. The van der Waals surface area contributed by atoms with Gasteiger partial charge in [-0.3, -0.25) is 10.1 Å². The summed E-state index contributed by atoms with van der Waals surface area (Å²) >= 11 is 0. The number of nitrogens with one attached hydrogen (secondary N) is 1. The lowest BCUT2D eigenvalue weighted by atomic mass is 10.0. The van der Waals surface area contributed by atoms with Gasteiger partial charge in [-0.05, 0) is 32.3 Å². The first-order valence-electron chi connectivity index (χ1n) is 7.16. The normalized spacial score (nSPS) is 14.1. The predicted octanol–water partition coefficient (Wildman–Crippen LogP) is 3.24. The number of aliphatic carboxylic acids is 1. The number of hydrogen-bond acceptors (Lipinski definition) is 3. The van der Waals surface area contributed by atoms with E-state index in [0.29, 0.717) is 18.9 Å². The highest BCUT2D eigenvalue weighted by Gasteiger charge is 2.22. The molecule has 0 radical (unpaired) electrons. The first-order chi connectivity index (χ1) is 9.45. The Balaban J connectivity index is 2.83. The number of rotatable bonds is 8. The van der Waals surface area contributed by atoms with Crippen molar-refractivity contribution in [2.45, 2.75) is 46.2 Å². The van der Waals surface area contributed by atoms with Crippen LogP contribution in [0.4, 0.5) is 0 Å². The van der Waals surface area contributed by atoms with E-state index in [1.165, 1.54) is 0 Å². The molecule has 1 rings (SSSR count). The number of ether oxygens (including phenoxy) is 1. The number of benzene rings is 1. The van der Waals surface area contributed by atoms with Crippen LogP contribution in [-0.4, -0.2) is 23.7 Å². The molecule has 2 N–H and O–H groups in total. The Morgan fingerprint density at radius 1 is 1.30 bits per heavy atom. The van der Waals surface area contributed by atoms with E-state index in [1.54, 1.807) is 0 Å². The maximum atomic E-state index is 11.3. The molecule has 0 aliphatic rings. The zero-order chi connectivity index (χ0) is 15.1. The lowest BCUT2D eigenvalue weighted by Gasteiger charge is -2.23. The van der Waals surface area contributed by atoms with Crippen molar-refractivity contribution in [1.29, 1.82) is 0 Å². The Bertz CT molecular complexity index is 431. The molecule has 1 aromatic carbocycles. The Labute approximate surface area is 121 Å². The highest BCUT2D eigenvalue weighted by molar-refractivity contribution is 5.73. The summed E-state index contributed by atoms with van der Waals surface area (Å²) in [7, 11) is 0. The van der Waals surface area contributed by atoms with E-state index in [4.69, 9.17) is 4.74 Å². The maximum Gasteiger partial charge on any atom is 0.320 e. The Hall–Kier alpha value is -1.55. The molecular weight excluding hydrogens is 254 g/mol. The van der Waals surface area contributed by atoms with Gasteiger partial charge in [0.1, 0.15) is 11.8 Å². The van der Waals surface area contributed by atoms with Crippen molar-refractivity contribution in [2.75, 3.05) is 6.61 Å². The van der Waals surface area contributed by atoms with Crippen molar-refractivity contribution in [3.8, 4) is 5.75 Å². The average molecular weight is 279 g/mol. The number of carboxylic acids is 1. The van der Waals surface area contributed by atoms with Gasteiger partial charge in [0.15, 0.2) is 0 Å². The minimum Gasteiger partial charge on any atom is -0.494 e. The van der Waals surface area contributed by atoms with Gasteiger partial charge >= 0.3 is 5.97 Å².